The van der Waals surface area contributed by atoms with E-state index < -0.39 is 0 Å². The van der Waals surface area contributed by atoms with Crippen molar-refractivity contribution in [2.75, 3.05) is 6.67 Å². The van der Waals surface area contributed by atoms with Crippen LogP contribution >= 0.6 is 0 Å². The van der Waals surface area contributed by atoms with Crippen LogP contribution in [-0.2, 0) is 0 Å². The highest BCUT2D eigenvalue weighted by molar-refractivity contribution is 5.30. The molecule has 0 spiro atoms. The Morgan fingerprint density at radius 3 is 2.93 bits per heavy atom. The van der Waals surface area contributed by atoms with Gasteiger partial charge < -0.3 is 5.11 Å². The minimum Gasteiger partial charge on any atom is -0.508 e. The summed E-state index contributed by atoms with van der Waals surface area (Å²) in [5.74, 6) is 0.760. The van der Waals surface area contributed by atoms with E-state index in [9.17, 15) is 9.50 Å². The van der Waals surface area contributed by atoms with E-state index in [1.54, 1.807) is 12.1 Å². The van der Waals surface area contributed by atoms with Crippen molar-refractivity contribution < 1.29 is 9.50 Å². The molecule has 2 unspecified atom stereocenters. The van der Waals surface area contributed by atoms with Gasteiger partial charge in [0.25, 0.3) is 0 Å². The molecular formula is C12H15FO. The highest BCUT2D eigenvalue weighted by Crippen LogP contribution is 2.40. The lowest BCUT2D eigenvalue weighted by molar-refractivity contribution is 0.341. The maximum atomic E-state index is 12.7. The van der Waals surface area contributed by atoms with Crippen molar-refractivity contribution in [2.24, 2.45) is 5.92 Å². The van der Waals surface area contributed by atoms with Gasteiger partial charge in [0.15, 0.2) is 0 Å². The average Bonchev–Trinajstić information content (AvgIpc) is 2.65. The van der Waals surface area contributed by atoms with Crippen LogP contribution in [0.4, 0.5) is 4.39 Å². The van der Waals surface area contributed by atoms with E-state index in [0.717, 1.165) is 24.8 Å². The fourth-order valence-corrected chi connectivity index (χ4v) is 2.42. The molecule has 0 amide bonds. The third-order valence-corrected chi connectivity index (χ3v) is 3.16. The van der Waals surface area contributed by atoms with Crippen LogP contribution in [0.3, 0.4) is 0 Å². The van der Waals surface area contributed by atoms with Gasteiger partial charge in [0.05, 0.1) is 6.67 Å². The number of hydrogen-bond acceptors (Lipinski definition) is 1. The van der Waals surface area contributed by atoms with Gasteiger partial charge in [0.2, 0.25) is 0 Å². The Labute approximate surface area is 83.6 Å². The van der Waals surface area contributed by atoms with E-state index in [1.165, 1.54) is 0 Å². The first-order chi connectivity index (χ1) is 6.81. The molecule has 2 atom stereocenters. The minimum atomic E-state index is -0.236. The Bertz CT molecular complexity index is 311. The molecule has 1 aliphatic carbocycles. The van der Waals surface area contributed by atoms with Crippen molar-refractivity contribution in [3.8, 4) is 5.75 Å². The largest absolute Gasteiger partial charge is 0.508 e. The van der Waals surface area contributed by atoms with E-state index in [1.807, 2.05) is 12.1 Å². The molecule has 0 heterocycles. The molecule has 2 heteroatoms. The fraction of sp³-hybridized carbons (Fsp3) is 0.500. The van der Waals surface area contributed by atoms with Crippen molar-refractivity contribution in [1.82, 2.24) is 0 Å². The summed E-state index contributed by atoms with van der Waals surface area (Å²) in [5.41, 5.74) is 1.09. The smallest absolute Gasteiger partial charge is 0.115 e. The SMILES string of the molecule is Oc1cccc(C2CCCC2CF)c1. The lowest BCUT2D eigenvalue weighted by Crippen LogP contribution is -2.07. The van der Waals surface area contributed by atoms with Gasteiger partial charge in [0.1, 0.15) is 5.75 Å². The predicted octanol–water partition coefficient (Wildman–Crippen LogP) is 3.25. The van der Waals surface area contributed by atoms with Gasteiger partial charge in [-0.25, -0.2) is 0 Å². The molecular weight excluding hydrogens is 179 g/mol. The number of phenolic OH excluding ortho intramolecular Hbond substituents is 1. The molecule has 1 aliphatic rings. The predicted molar refractivity (Wildman–Crippen MR) is 54.2 cm³/mol. The summed E-state index contributed by atoms with van der Waals surface area (Å²) in [4.78, 5) is 0. The molecule has 0 aromatic heterocycles. The monoisotopic (exact) mass is 194 g/mol. The first-order valence-corrected chi connectivity index (χ1v) is 5.16. The molecule has 1 aromatic carbocycles. The Morgan fingerprint density at radius 2 is 2.21 bits per heavy atom. The summed E-state index contributed by atoms with van der Waals surface area (Å²) in [6.07, 6.45) is 3.14. The van der Waals surface area contributed by atoms with Gasteiger partial charge in [-0.2, -0.15) is 0 Å². The highest BCUT2D eigenvalue weighted by atomic mass is 19.1. The van der Waals surface area contributed by atoms with Gasteiger partial charge in [-0.3, -0.25) is 4.39 Å². The summed E-state index contributed by atoms with van der Waals surface area (Å²) >= 11 is 0. The van der Waals surface area contributed by atoms with E-state index in [0.29, 0.717) is 5.92 Å². The van der Waals surface area contributed by atoms with Gasteiger partial charge >= 0.3 is 0 Å². The average molecular weight is 194 g/mol. The molecule has 1 N–H and O–H groups in total. The lowest BCUT2D eigenvalue weighted by atomic mass is 9.90. The number of aromatic hydroxyl groups is 1. The third kappa shape index (κ3) is 1.74. The zero-order valence-electron chi connectivity index (χ0n) is 8.12. The maximum Gasteiger partial charge on any atom is 0.115 e. The third-order valence-electron chi connectivity index (χ3n) is 3.16. The zero-order valence-corrected chi connectivity index (χ0v) is 8.12. The van der Waals surface area contributed by atoms with Crippen molar-refractivity contribution in [3.05, 3.63) is 29.8 Å². The summed E-state index contributed by atoms with van der Waals surface area (Å²) in [6, 6.07) is 7.23. The standard InChI is InChI=1S/C12H15FO/c13-8-10-4-2-6-12(10)9-3-1-5-11(14)7-9/h1,3,5,7,10,12,14H,2,4,6,8H2. The van der Waals surface area contributed by atoms with E-state index in [-0.39, 0.29) is 18.3 Å². The summed E-state index contributed by atoms with van der Waals surface area (Å²) in [5, 5.41) is 9.34. The van der Waals surface area contributed by atoms with E-state index in [2.05, 4.69) is 0 Å². The van der Waals surface area contributed by atoms with Crippen LogP contribution < -0.4 is 0 Å². The molecule has 0 bridgehead atoms. The number of rotatable bonds is 2. The van der Waals surface area contributed by atoms with Crippen molar-refractivity contribution >= 4 is 0 Å². The molecule has 76 valence electrons. The van der Waals surface area contributed by atoms with Crippen LogP contribution in [-0.4, -0.2) is 11.8 Å². The van der Waals surface area contributed by atoms with Crippen LogP contribution in [0.5, 0.6) is 5.75 Å². The highest BCUT2D eigenvalue weighted by Gasteiger charge is 2.28. The number of halogens is 1. The van der Waals surface area contributed by atoms with Crippen LogP contribution in [0, 0.1) is 5.92 Å². The van der Waals surface area contributed by atoms with E-state index in [4.69, 9.17) is 0 Å². The first-order valence-electron chi connectivity index (χ1n) is 5.16. The Kier molecular flexibility index (Phi) is 2.71. The van der Waals surface area contributed by atoms with Crippen LogP contribution in [0.2, 0.25) is 0 Å². The molecule has 1 saturated carbocycles. The molecule has 0 radical (unpaired) electrons. The number of benzene rings is 1. The van der Waals surface area contributed by atoms with Crippen LogP contribution in [0.15, 0.2) is 24.3 Å². The molecule has 2 rings (SSSR count). The number of hydrogen-bond donors (Lipinski definition) is 1. The zero-order chi connectivity index (χ0) is 9.97. The molecule has 0 aliphatic heterocycles. The first kappa shape index (κ1) is 9.50. The van der Waals surface area contributed by atoms with Crippen LogP contribution in [0.25, 0.3) is 0 Å². The molecule has 1 fully saturated rings. The number of phenols is 1. The van der Waals surface area contributed by atoms with Crippen molar-refractivity contribution in [1.29, 1.82) is 0 Å². The fourth-order valence-electron chi connectivity index (χ4n) is 2.42. The van der Waals surface area contributed by atoms with Crippen LogP contribution in [0.1, 0.15) is 30.7 Å². The maximum absolute atomic E-state index is 12.7. The summed E-state index contributed by atoms with van der Waals surface area (Å²) < 4.78 is 12.7. The normalized spacial score (nSPS) is 26.6. The summed E-state index contributed by atoms with van der Waals surface area (Å²) in [6.45, 7) is -0.236. The molecule has 1 aromatic rings. The molecule has 1 nitrogen and oxygen atoms in total. The van der Waals surface area contributed by atoms with Gasteiger partial charge in [-0.1, -0.05) is 18.6 Å². The Morgan fingerprint density at radius 1 is 1.36 bits per heavy atom. The second kappa shape index (κ2) is 3.99. The Hall–Kier alpha value is -1.05. The van der Waals surface area contributed by atoms with E-state index >= 15 is 0 Å². The quantitative estimate of drug-likeness (QED) is 0.766. The lowest BCUT2D eigenvalue weighted by Gasteiger charge is -2.16. The topological polar surface area (TPSA) is 20.2 Å². The van der Waals surface area contributed by atoms with Gasteiger partial charge in [-0.05, 0) is 42.4 Å². The van der Waals surface area contributed by atoms with Gasteiger partial charge in [-0.15, -0.1) is 0 Å². The second-order valence-electron chi connectivity index (χ2n) is 4.05. The number of alkyl halides is 1. The molecule has 0 saturated heterocycles. The Balaban J connectivity index is 2.21. The summed E-state index contributed by atoms with van der Waals surface area (Å²) in [7, 11) is 0. The van der Waals surface area contributed by atoms with Gasteiger partial charge in [0, 0.05) is 0 Å². The van der Waals surface area contributed by atoms with Crippen molar-refractivity contribution in [2.45, 2.75) is 25.2 Å². The second-order valence-corrected chi connectivity index (χ2v) is 4.05. The van der Waals surface area contributed by atoms with Crippen molar-refractivity contribution in [3.63, 3.8) is 0 Å². The minimum absolute atomic E-state index is 0.164. The molecule has 14 heavy (non-hydrogen) atoms.